The van der Waals surface area contributed by atoms with Gasteiger partial charge in [0.25, 0.3) is 0 Å². The Balaban J connectivity index is 0.970. The third-order valence-corrected chi connectivity index (χ3v) is 21.1. The van der Waals surface area contributed by atoms with Gasteiger partial charge in [-0.15, -0.1) is 0 Å². The first-order chi connectivity index (χ1) is 57.2. The minimum atomic E-state index is -0.261. The summed E-state index contributed by atoms with van der Waals surface area (Å²) in [6, 6.07) is 83.8. The Bertz CT molecular complexity index is 4760. The molecule has 0 spiro atoms. The number of hydrogen-bond donors (Lipinski definition) is 0. The monoisotopic (exact) mass is 1540 g/mol. The van der Waals surface area contributed by atoms with Gasteiger partial charge in [-0.1, -0.05) is 178 Å². The quantitative estimate of drug-likeness (QED) is 0.0357. The first-order valence-electron chi connectivity index (χ1n) is 42.8. The molecule has 19 rings (SSSR count). The first-order valence-corrected chi connectivity index (χ1v) is 42.8. The fourth-order valence-corrected chi connectivity index (χ4v) is 14.7. The van der Waals surface area contributed by atoms with Crippen molar-refractivity contribution in [3.63, 3.8) is 0 Å². The summed E-state index contributed by atoms with van der Waals surface area (Å²) in [6.45, 7) is 15.6. The maximum Gasteiger partial charge on any atom is 0.158 e. The van der Waals surface area contributed by atoms with Crippen LogP contribution in [-0.4, -0.2) is 72.2 Å². The molecule has 2 fully saturated rings. The smallest absolute Gasteiger partial charge is 0.158 e. The number of rotatable bonds is 34. The highest BCUT2D eigenvalue weighted by atomic mass is 16.7. The summed E-state index contributed by atoms with van der Waals surface area (Å²) < 4.78 is 50.4. The molecule has 0 aliphatic carbocycles. The molecule has 12 heterocycles. The second-order valence-electron chi connectivity index (χ2n) is 30.9. The minimum Gasteiger partial charge on any atom is -0.377 e. The third kappa shape index (κ3) is 26.4. The molecule has 20 bridgehead atoms. The normalized spacial score (nSPS) is 14.0. The van der Waals surface area contributed by atoms with E-state index in [2.05, 4.69) is 210 Å². The lowest BCUT2D eigenvalue weighted by molar-refractivity contribution is -0.169. The van der Waals surface area contributed by atoms with Crippen LogP contribution in [0.5, 0.6) is 0 Å². The molecule has 17 aromatic rings. The van der Waals surface area contributed by atoms with E-state index in [0.717, 1.165) is 232 Å². The van der Waals surface area contributed by atoms with Crippen LogP contribution in [0.15, 0.2) is 183 Å². The van der Waals surface area contributed by atoms with Crippen LogP contribution in [0.1, 0.15) is 202 Å². The molecule has 0 N–H and O–H groups in total. The van der Waals surface area contributed by atoms with E-state index in [9.17, 15) is 0 Å². The van der Waals surface area contributed by atoms with Gasteiger partial charge >= 0.3 is 0 Å². The van der Waals surface area contributed by atoms with Gasteiger partial charge < -0.3 is 37.9 Å². The van der Waals surface area contributed by atoms with E-state index in [0.29, 0.717) is 79.3 Å². The molecule has 2 atom stereocenters. The zero-order chi connectivity index (χ0) is 79.6. The van der Waals surface area contributed by atoms with Gasteiger partial charge in [-0.05, 0) is 253 Å². The second-order valence-corrected chi connectivity index (χ2v) is 30.9. The molecule has 12 nitrogen and oxygen atoms in total. The van der Waals surface area contributed by atoms with Gasteiger partial charge in [0.15, 0.2) is 12.6 Å². The SMILES string of the molecule is CCCCCCOCc1cc2c#cc3cc(COC4CCCCO4)cc(c#cc4cc(COCCCCCC)cc(c4)c4ccc(nc4)c4ccc(cn4)c4cc(COCCCCCC)cc(c#cc5cc(COC6CCCCO6)cc(c#cc6cc(COCCCCCC)cc(c6)c6ccc(nc6)c6ccc(cn6)c(c1)c2)c5)c4)c3. The zero-order valence-corrected chi connectivity index (χ0v) is 68.6. The van der Waals surface area contributed by atoms with E-state index < -0.39 is 0 Å². The van der Waals surface area contributed by atoms with Crippen molar-refractivity contribution in [2.45, 2.75) is 221 Å². The number of nitrogens with zero attached hydrogens (tertiary/aromatic N) is 4. The molecule has 0 saturated carbocycles. The molecule has 116 heavy (non-hydrogen) atoms. The van der Waals surface area contributed by atoms with Crippen molar-refractivity contribution in [2.75, 3.05) is 39.6 Å². The van der Waals surface area contributed by atoms with Gasteiger partial charge in [0.1, 0.15) is 0 Å². The van der Waals surface area contributed by atoms with Crippen molar-refractivity contribution in [3.05, 3.63) is 264 Å². The lowest BCUT2D eigenvalue weighted by Crippen LogP contribution is -2.21. The Morgan fingerprint density at radius 3 is 0.741 bits per heavy atom. The molecule has 10 aromatic heterocycles. The molecule has 596 valence electrons. The number of hydrogen-bond acceptors (Lipinski definition) is 12. The molecular formula is C104H112N4O8. The predicted molar refractivity (Wildman–Crippen MR) is 472 cm³/mol. The largest absolute Gasteiger partial charge is 0.377 e. The molecular weight excluding hydrogens is 1430 g/mol. The van der Waals surface area contributed by atoms with Gasteiger partial charge in [0, 0.05) is 129 Å². The Morgan fingerprint density at radius 2 is 0.517 bits per heavy atom. The van der Waals surface area contributed by atoms with Gasteiger partial charge in [-0.2, -0.15) is 0 Å². The van der Waals surface area contributed by atoms with E-state index in [4.69, 9.17) is 57.8 Å². The molecule has 2 aliphatic heterocycles. The lowest BCUT2D eigenvalue weighted by Gasteiger charge is -2.22. The van der Waals surface area contributed by atoms with Crippen molar-refractivity contribution in [1.82, 2.24) is 19.9 Å². The van der Waals surface area contributed by atoms with Crippen LogP contribution >= 0.6 is 0 Å². The van der Waals surface area contributed by atoms with Crippen LogP contribution in [0, 0.1) is 48.5 Å². The fourth-order valence-electron chi connectivity index (χ4n) is 14.7. The average molecular weight is 1550 g/mol. The second kappa shape index (κ2) is 45.4. The zero-order valence-electron chi connectivity index (χ0n) is 68.6. The molecule has 7 aromatic carbocycles. The predicted octanol–water partition coefficient (Wildman–Crippen LogP) is 25.9. The highest BCUT2D eigenvalue weighted by Gasteiger charge is 2.16. The van der Waals surface area contributed by atoms with Crippen molar-refractivity contribution in [1.29, 1.82) is 0 Å². The van der Waals surface area contributed by atoms with Crippen LogP contribution < -0.4 is 0 Å². The van der Waals surface area contributed by atoms with Crippen LogP contribution in [0.2, 0.25) is 0 Å². The Morgan fingerprint density at radius 1 is 0.267 bits per heavy atom. The van der Waals surface area contributed by atoms with Crippen molar-refractivity contribution < 1.29 is 37.9 Å². The standard InChI is InChI=1S/C104H112N4O8/c1-5-9-13-19-43-109-71-87-55-81-31-27-77-49-78(52-85(51-77)75-115-103-25-17-23-47-113-103)28-32-82-56-88(72-110-44-20-14-10-6-2)65-97(60-82)93-37-41-101(107-69-93)102-42-38-94(70-108-102)98-62-84(58-90(66-98)74-112-46-22-16-12-8-4)34-30-80-50-79(53-86(54-80)76-116-104-26-18-24-48-114-104)29-33-83-57-89(73-111-45-21-15-11-7-3)64-96(61-83)92-36-40-100(106-68-92)99-39-35-91(67-105-99)95(59-81)63-87/h35-42,49-70,103-104H,5-26,43-48,71-76H2,1-4H3. The highest BCUT2D eigenvalue weighted by molar-refractivity contribution is 5.92. The summed E-state index contributed by atoms with van der Waals surface area (Å²) in [4.78, 5) is 20.3. The molecule has 0 amide bonds. The number of ether oxygens (including phenoxy) is 8. The molecule has 2 aliphatic rings. The number of aromatic nitrogens is 4. The van der Waals surface area contributed by atoms with Crippen LogP contribution in [0.3, 0.4) is 0 Å². The summed E-state index contributed by atoms with van der Waals surface area (Å²) >= 11 is 0. The van der Waals surface area contributed by atoms with Gasteiger partial charge in [0.05, 0.1) is 61.7 Å². The third-order valence-electron chi connectivity index (χ3n) is 21.1. The van der Waals surface area contributed by atoms with Gasteiger partial charge in [-0.3, -0.25) is 19.9 Å². The Kier molecular flexibility index (Phi) is 32.8. The van der Waals surface area contributed by atoms with Crippen molar-refractivity contribution in [3.8, 4) is 0 Å². The first kappa shape index (κ1) is 83.8. The van der Waals surface area contributed by atoms with Gasteiger partial charge in [0.2, 0.25) is 0 Å². The van der Waals surface area contributed by atoms with Gasteiger partial charge in [-0.25, -0.2) is 0 Å². The van der Waals surface area contributed by atoms with Crippen molar-refractivity contribution >= 4 is 108 Å². The van der Waals surface area contributed by atoms with E-state index in [1.54, 1.807) is 0 Å². The lowest BCUT2D eigenvalue weighted by atomic mass is 10.1. The van der Waals surface area contributed by atoms with Crippen LogP contribution in [-0.2, 0) is 77.5 Å². The Hall–Kier alpha value is -10.2. The number of pyridine rings is 4. The minimum absolute atomic E-state index is 0.261. The van der Waals surface area contributed by atoms with E-state index >= 15 is 0 Å². The maximum atomic E-state index is 6.44. The van der Waals surface area contributed by atoms with Crippen LogP contribution in [0.25, 0.3) is 108 Å². The molecule has 2 unspecified atom stereocenters. The molecule has 0 radical (unpaired) electrons. The summed E-state index contributed by atoms with van der Waals surface area (Å²) in [6.07, 6.45) is 31.2. The highest BCUT2D eigenvalue weighted by Crippen LogP contribution is 2.27. The molecule has 12 heteroatoms. The number of benzene rings is 6. The summed E-state index contributed by atoms with van der Waals surface area (Å²) in [5.74, 6) is 0. The van der Waals surface area contributed by atoms with Crippen LogP contribution in [0.4, 0.5) is 0 Å². The van der Waals surface area contributed by atoms with E-state index in [-0.39, 0.29) is 12.6 Å². The average Bonchev–Trinajstić information content (AvgIpc) is 0.818. The van der Waals surface area contributed by atoms with E-state index in [1.165, 1.54) is 51.4 Å². The molecule has 2 saturated heterocycles. The van der Waals surface area contributed by atoms with Crippen molar-refractivity contribution in [2.24, 2.45) is 0 Å². The summed E-state index contributed by atoms with van der Waals surface area (Å²) in [5, 5.41) is 14.5. The maximum absolute atomic E-state index is 6.44. The number of unbranched alkanes of at least 4 members (excludes halogenated alkanes) is 12. The topological polar surface area (TPSA) is 125 Å². The fraction of sp³-hybridized carbons (Fsp3) is 0.385. The Labute approximate surface area is 687 Å². The summed E-state index contributed by atoms with van der Waals surface area (Å²) in [5.41, 5.74) is 9.11. The summed E-state index contributed by atoms with van der Waals surface area (Å²) in [7, 11) is 0. The van der Waals surface area contributed by atoms with E-state index in [1.807, 2.05) is 49.1 Å².